The molecule has 0 amide bonds. The summed E-state index contributed by atoms with van der Waals surface area (Å²) in [6.45, 7) is 7.17. The lowest BCUT2D eigenvalue weighted by atomic mass is 10.0. The predicted molar refractivity (Wildman–Crippen MR) is 119 cm³/mol. The number of aromatic nitrogens is 5. The number of rotatable bonds is 6. The molecule has 0 bridgehead atoms. The predicted octanol–water partition coefficient (Wildman–Crippen LogP) is 2.39. The zero-order chi connectivity index (χ0) is 21.2. The van der Waals surface area contributed by atoms with Crippen molar-refractivity contribution >= 4 is 16.7 Å². The van der Waals surface area contributed by atoms with Gasteiger partial charge in [0.05, 0.1) is 24.5 Å². The average Bonchev–Trinajstić information content (AvgIpc) is 3.21. The third-order valence-corrected chi connectivity index (χ3v) is 5.90. The Kier molecular flexibility index (Phi) is 5.48. The van der Waals surface area contributed by atoms with Crippen LogP contribution >= 0.6 is 0 Å². The Morgan fingerprint density at radius 1 is 1.03 bits per heavy atom. The van der Waals surface area contributed by atoms with Crippen LogP contribution in [0.3, 0.4) is 0 Å². The van der Waals surface area contributed by atoms with Crippen molar-refractivity contribution in [3.8, 4) is 11.1 Å². The van der Waals surface area contributed by atoms with E-state index in [1.807, 2.05) is 30.5 Å². The first kappa shape index (κ1) is 19.8. The minimum absolute atomic E-state index is 0.122. The quantitative estimate of drug-likeness (QED) is 0.479. The lowest BCUT2D eigenvalue weighted by Crippen LogP contribution is -2.37. The second-order valence-electron chi connectivity index (χ2n) is 7.83. The largest absolute Gasteiger partial charge is 0.379 e. The van der Waals surface area contributed by atoms with Gasteiger partial charge in [-0.25, -0.2) is 4.52 Å². The van der Waals surface area contributed by atoms with Gasteiger partial charge in [-0.15, -0.1) is 10.2 Å². The van der Waals surface area contributed by atoms with Gasteiger partial charge >= 0.3 is 0 Å². The summed E-state index contributed by atoms with van der Waals surface area (Å²) in [5.41, 5.74) is 4.58. The molecule has 31 heavy (non-hydrogen) atoms. The molecule has 4 aromatic rings. The maximum absolute atomic E-state index is 13.1. The van der Waals surface area contributed by atoms with Crippen LogP contribution in [0.15, 0.2) is 47.4 Å². The molecule has 3 aromatic heterocycles. The summed E-state index contributed by atoms with van der Waals surface area (Å²) in [6.07, 6.45) is 3.52. The Labute approximate surface area is 180 Å². The summed E-state index contributed by atoms with van der Waals surface area (Å²) in [7, 11) is 0. The molecule has 160 valence electrons. The van der Waals surface area contributed by atoms with Gasteiger partial charge < -0.3 is 9.30 Å². The third-order valence-electron chi connectivity index (χ3n) is 5.90. The van der Waals surface area contributed by atoms with Crippen molar-refractivity contribution in [2.75, 3.05) is 32.8 Å². The smallest absolute Gasteiger partial charge is 0.280 e. The molecule has 0 unspecified atom stereocenters. The van der Waals surface area contributed by atoms with E-state index < -0.39 is 0 Å². The highest BCUT2D eigenvalue weighted by molar-refractivity contribution is 5.84. The minimum atomic E-state index is -0.122. The van der Waals surface area contributed by atoms with E-state index in [-0.39, 0.29) is 5.56 Å². The molecule has 0 aliphatic carbocycles. The van der Waals surface area contributed by atoms with E-state index in [0.717, 1.165) is 62.5 Å². The van der Waals surface area contributed by atoms with Gasteiger partial charge in [0.2, 0.25) is 0 Å². The lowest BCUT2D eigenvalue weighted by Gasteiger charge is -2.26. The van der Waals surface area contributed by atoms with Crippen molar-refractivity contribution in [2.45, 2.75) is 26.3 Å². The number of benzene rings is 1. The van der Waals surface area contributed by atoms with Crippen LogP contribution in [0.4, 0.5) is 0 Å². The van der Waals surface area contributed by atoms with E-state index in [9.17, 15) is 4.79 Å². The molecule has 1 aromatic carbocycles. The molecular weight excluding hydrogens is 392 g/mol. The fourth-order valence-corrected chi connectivity index (χ4v) is 4.24. The van der Waals surface area contributed by atoms with Gasteiger partial charge in [0.1, 0.15) is 5.52 Å². The number of morpholine rings is 1. The molecule has 0 saturated carbocycles. The second kappa shape index (κ2) is 8.56. The summed E-state index contributed by atoms with van der Waals surface area (Å²) in [6, 6.07) is 12.0. The molecule has 0 radical (unpaired) electrons. The van der Waals surface area contributed by atoms with Crippen LogP contribution in [-0.2, 0) is 17.7 Å². The first-order valence-corrected chi connectivity index (χ1v) is 10.9. The second-order valence-corrected chi connectivity index (χ2v) is 7.83. The highest BCUT2D eigenvalue weighted by Gasteiger charge is 2.18. The molecule has 8 nitrogen and oxygen atoms in total. The van der Waals surface area contributed by atoms with Gasteiger partial charge in [-0.05, 0) is 24.5 Å². The van der Waals surface area contributed by atoms with Crippen LogP contribution in [0.25, 0.3) is 27.8 Å². The Morgan fingerprint density at radius 3 is 2.61 bits per heavy atom. The van der Waals surface area contributed by atoms with Gasteiger partial charge in [-0.1, -0.05) is 37.3 Å². The molecule has 8 heteroatoms. The van der Waals surface area contributed by atoms with Crippen molar-refractivity contribution in [3.05, 3.63) is 58.6 Å². The third kappa shape index (κ3) is 3.73. The highest BCUT2D eigenvalue weighted by atomic mass is 16.5. The first-order valence-electron chi connectivity index (χ1n) is 10.9. The van der Waals surface area contributed by atoms with Crippen LogP contribution in [0.2, 0.25) is 0 Å². The van der Waals surface area contributed by atoms with E-state index in [1.165, 1.54) is 0 Å². The first-order chi connectivity index (χ1) is 15.3. The molecule has 1 saturated heterocycles. The molecule has 1 aliphatic rings. The number of hydrogen-bond donors (Lipinski definition) is 0. The van der Waals surface area contributed by atoms with Crippen molar-refractivity contribution in [1.29, 1.82) is 0 Å². The van der Waals surface area contributed by atoms with Crippen molar-refractivity contribution < 1.29 is 4.74 Å². The zero-order valence-electron chi connectivity index (χ0n) is 17.7. The maximum atomic E-state index is 13.1. The number of nitrogens with zero attached hydrogens (tertiary/aromatic N) is 6. The average molecular weight is 419 g/mol. The molecule has 0 spiro atoms. The Hall–Kier alpha value is -3.10. The normalized spacial score (nSPS) is 15.1. The molecular formula is C23H26N6O2. The monoisotopic (exact) mass is 418 g/mol. The highest BCUT2D eigenvalue weighted by Crippen LogP contribution is 2.28. The fourth-order valence-electron chi connectivity index (χ4n) is 4.24. The summed E-state index contributed by atoms with van der Waals surface area (Å²) >= 11 is 0. The van der Waals surface area contributed by atoms with Gasteiger partial charge in [0.15, 0.2) is 11.2 Å². The van der Waals surface area contributed by atoms with Crippen LogP contribution in [0, 0.1) is 0 Å². The van der Waals surface area contributed by atoms with Gasteiger partial charge in [0.25, 0.3) is 5.56 Å². The number of ether oxygens (including phenoxy) is 1. The van der Waals surface area contributed by atoms with Gasteiger partial charge in [0, 0.05) is 32.4 Å². The topological polar surface area (TPSA) is 77.5 Å². The van der Waals surface area contributed by atoms with E-state index in [2.05, 4.69) is 34.2 Å². The molecule has 5 rings (SSSR count). The Bertz CT molecular complexity index is 1260. The van der Waals surface area contributed by atoms with Crippen molar-refractivity contribution in [3.63, 3.8) is 0 Å². The van der Waals surface area contributed by atoms with Crippen LogP contribution in [0.5, 0.6) is 0 Å². The van der Waals surface area contributed by atoms with E-state index in [1.54, 1.807) is 9.08 Å². The Balaban J connectivity index is 1.49. The van der Waals surface area contributed by atoms with Crippen LogP contribution in [-0.4, -0.2) is 62.1 Å². The standard InChI is InChI=1S/C23H26N6O2/c1-2-18-20(17-7-4-3-5-8-17)22-25-24-21-19(29(22)26-18)9-12-28(23(21)30)11-6-10-27-13-15-31-16-14-27/h3-5,7-9,12H,2,6,10-11,13-16H2,1H3. The summed E-state index contributed by atoms with van der Waals surface area (Å²) in [4.78, 5) is 15.4. The number of aryl methyl sites for hydroxylation is 2. The number of pyridine rings is 1. The van der Waals surface area contributed by atoms with E-state index in [0.29, 0.717) is 23.2 Å². The zero-order valence-corrected chi connectivity index (χ0v) is 17.7. The molecule has 1 fully saturated rings. The van der Waals surface area contributed by atoms with Crippen LogP contribution < -0.4 is 5.56 Å². The Morgan fingerprint density at radius 2 is 1.84 bits per heavy atom. The number of hydrogen-bond acceptors (Lipinski definition) is 6. The SMILES string of the molecule is CCc1nn2c(nnc3c(=O)n(CCCN4CCOCC4)ccc32)c1-c1ccccc1. The molecule has 0 atom stereocenters. The van der Waals surface area contributed by atoms with Crippen LogP contribution in [0.1, 0.15) is 19.0 Å². The molecule has 4 heterocycles. The van der Waals surface area contributed by atoms with E-state index in [4.69, 9.17) is 9.84 Å². The molecule has 1 aliphatic heterocycles. The lowest BCUT2D eigenvalue weighted by molar-refractivity contribution is 0.0369. The summed E-state index contributed by atoms with van der Waals surface area (Å²) in [5.74, 6) is 0. The number of fused-ring (bicyclic) bond motifs is 3. The van der Waals surface area contributed by atoms with Gasteiger partial charge in [-0.3, -0.25) is 9.69 Å². The summed E-state index contributed by atoms with van der Waals surface area (Å²) in [5, 5.41) is 13.5. The van der Waals surface area contributed by atoms with Crippen molar-refractivity contribution in [1.82, 2.24) is 29.3 Å². The minimum Gasteiger partial charge on any atom is -0.379 e. The van der Waals surface area contributed by atoms with Crippen molar-refractivity contribution in [2.24, 2.45) is 0 Å². The summed E-state index contributed by atoms with van der Waals surface area (Å²) < 4.78 is 8.89. The van der Waals surface area contributed by atoms with Gasteiger partial charge in [-0.2, -0.15) is 5.10 Å². The maximum Gasteiger partial charge on any atom is 0.280 e. The molecule has 0 N–H and O–H groups in total. The van der Waals surface area contributed by atoms with E-state index >= 15 is 0 Å². The fraction of sp³-hybridized carbons (Fsp3) is 0.391.